The van der Waals surface area contributed by atoms with E-state index < -0.39 is 17.9 Å². The second-order valence-electron chi connectivity index (χ2n) is 6.36. The molecule has 0 saturated carbocycles. The van der Waals surface area contributed by atoms with E-state index in [-0.39, 0.29) is 19.0 Å². The van der Waals surface area contributed by atoms with Crippen molar-refractivity contribution in [2.75, 3.05) is 44.4 Å². The summed E-state index contributed by atoms with van der Waals surface area (Å²) in [7, 11) is 0. The molecule has 0 aliphatic carbocycles. The van der Waals surface area contributed by atoms with E-state index in [0.29, 0.717) is 48.7 Å². The Hall–Kier alpha value is -2.78. The first-order valence-electron chi connectivity index (χ1n) is 9.71. The number of carbonyl (C=O) groups is 2. The van der Waals surface area contributed by atoms with Gasteiger partial charge in [0.15, 0.2) is 11.6 Å². The highest BCUT2D eigenvalue weighted by Gasteiger charge is 2.35. The lowest BCUT2D eigenvalue weighted by molar-refractivity contribution is -0.157. The Bertz CT molecular complexity index is 887. The number of morpholine rings is 1. The Morgan fingerprint density at radius 3 is 2.37 bits per heavy atom. The van der Waals surface area contributed by atoms with Crippen LogP contribution >= 0.6 is 11.6 Å². The van der Waals surface area contributed by atoms with Gasteiger partial charge >= 0.3 is 11.9 Å². The van der Waals surface area contributed by atoms with E-state index in [1.54, 1.807) is 38.1 Å². The third-order valence-electron chi connectivity index (χ3n) is 4.32. The first kappa shape index (κ1) is 21.9. The Balaban J connectivity index is 2.11. The molecule has 2 heterocycles. The van der Waals surface area contributed by atoms with Crippen molar-refractivity contribution in [3.8, 4) is 11.4 Å². The highest BCUT2D eigenvalue weighted by molar-refractivity contribution is 6.30. The molecule has 10 heteroatoms. The maximum Gasteiger partial charge on any atom is 0.328 e. The maximum absolute atomic E-state index is 12.6. The number of carbonyl (C=O) groups excluding carboxylic acids is 2. The SMILES string of the molecule is CCOC(=O)C(C(=O)OCC)c1nc(-c2cccc(Cl)c2)nc(N2CCOCC2)n1. The van der Waals surface area contributed by atoms with Gasteiger partial charge in [0.1, 0.15) is 0 Å². The Morgan fingerprint density at radius 2 is 1.77 bits per heavy atom. The molecule has 0 N–H and O–H groups in total. The van der Waals surface area contributed by atoms with Crippen molar-refractivity contribution in [1.82, 2.24) is 15.0 Å². The standard InChI is InChI=1S/C20H23ClN4O5/c1-3-29-18(26)15(19(27)30-4-2)17-22-16(13-6-5-7-14(21)12-13)23-20(24-17)25-8-10-28-11-9-25/h5-7,12,15H,3-4,8-11H2,1-2H3. The molecule has 0 atom stereocenters. The Labute approximate surface area is 179 Å². The van der Waals surface area contributed by atoms with Gasteiger partial charge < -0.3 is 19.1 Å². The number of ether oxygens (including phenoxy) is 3. The van der Waals surface area contributed by atoms with E-state index in [0.717, 1.165) is 0 Å². The summed E-state index contributed by atoms with van der Waals surface area (Å²) in [5, 5.41) is 0.509. The zero-order valence-electron chi connectivity index (χ0n) is 16.8. The van der Waals surface area contributed by atoms with Gasteiger partial charge in [0.25, 0.3) is 0 Å². The zero-order valence-corrected chi connectivity index (χ0v) is 17.6. The molecule has 1 aromatic carbocycles. The van der Waals surface area contributed by atoms with E-state index in [4.69, 9.17) is 25.8 Å². The van der Waals surface area contributed by atoms with Crippen molar-refractivity contribution in [1.29, 1.82) is 0 Å². The smallest absolute Gasteiger partial charge is 0.328 e. The van der Waals surface area contributed by atoms with Gasteiger partial charge in [0, 0.05) is 23.7 Å². The van der Waals surface area contributed by atoms with Crippen LogP contribution in [0.4, 0.5) is 5.95 Å². The van der Waals surface area contributed by atoms with Crippen LogP contribution in [0.2, 0.25) is 5.02 Å². The Morgan fingerprint density at radius 1 is 1.10 bits per heavy atom. The van der Waals surface area contributed by atoms with E-state index in [1.807, 2.05) is 4.90 Å². The van der Waals surface area contributed by atoms with Gasteiger partial charge in [-0.25, -0.2) is 4.98 Å². The molecule has 0 bridgehead atoms. The third-order valence-corrected chi connectivity index (χ3v) is 4.56. The van der Waals surface area contributed by atoms with Crippen LogP contribution < -0.4 is 4.90 Å². The summed E-state index contributed by atoms with van der Waals surface area (Å²) in [6.45, 7) is 5.71. The molecule has 30 heavy (non-hydrogen) atoms. The van der Waals surface area contributed by atoms with Crippen molar-refractivity contribution in [3.63, 3.8) is 0 Å². The average Bonchev–Trinajstić information content (AvgIpc) is 2.75. The highest BCUT2D eigenvalue weighted by Crippen LogP contribution is 2.25. The predicted molar refractivity (Wildman–Crippen MR) is 109 cm³/mol. The molecule has 2 aromatic rings. The van der Waals surface area contributed by atoms with E-state index in [2.05, 4.69) is 15.0 Å². The first-order valence-corrected chi connectivity index (χ1v) is 10.1. The maximum atomic E-state index is 12.6. The Kier molecular flexibility index (Phi) is 7.53. The summed E-state index contributed by atoms with van der Waals surface area (Å²) in [6.07, 6.45) is 0. The van der Waals surface area contributed by atoms with Crippen LogP contribution in [0.1, 0.15) is 25.6 Å². The summed E-state index contributed by atoms with van der Waals surface area (Å²) < 4.78 is 15.6. The number of aromatic nitrogens is 3. The fraction of sp³-hybridized carbons (Fsp3) is 0.450. The van der Waals surface area contributed by atoms with Crippen LogP contribution in [0, 0.1) is 0 Å². The van der Waals surface area contributed by atoms with Crippen molar-refractivity contribution in [2.45, 2.75) is 19.8 Å². The van der Waals surface area contributed by atoms with Gasteiger partial charge in [-0.05, 0) is 26.0 Å². The van der Waals surface area contributed by atoms with Crippen molar-refractivity contribution in [3.05, 3.63) is 35.1 Å². The summed E-state index contributed by atoms with van der Waals surface area (Å²) >= 11 is 6.12. The summed E-state index contributed by atoms with van der Waals surface area (Å²) in [5.74, 6) is -2.34. The van der Waals surface area contributed by atoms with Gasteiger partial charge in [-0.15, -0.1) is 0 Å². The second kappa shape index (κ2) is 10.3. The van der Waals surface area contributed by atoms with Gasteiger partial charge in [0.2, 0.25) is 11.9 Å². The number of hydrogen-bond donors (Lipinski definition) is 0. The fourth-order valence-corrected chi connectivity index (χ4v) is 3.12. The summed E-state index contributed by atoms with van der Waals surface area (Å²) in [5.41, 5.74) is 0.632. The normalized spacial score (nSPS) is 13.9. The van der Waals surface area contributed by atoms with Crippen LogP contribution in [-0.4, -0.2) is 66.4 Å². The molecule has 0 radical (unpaired) electrons. The van der Waals surface area contributed by atoms with E-state index in [9.17, 15) is 9.59 Å². The lowest BCUT2D eigenvalue weighted by Gasteiger charge is -2.27. The lowest BCUT2D eigenvalue weighted by atomic mass is 10.1. The molecule has 9 nitrogen and oxygen atoms in total. The fourth-order valence-electron chi connectivity index (χ4n) is 2.93. The zero-order chi connectivity index (χ0) is 21.5. The minimum atomic E-state index is -1.41. The van der Waals surface area contributed by atoms with Gasteiger partial charge in [-0.3, -0.25) is 9.59 Å². The van der Waals surface area contributed by atoms with E-state index >= 15 is 0 Å². The summed E-state index contributed by atoms with van der Waals surface area (Å²) in [4.78, 5) is 40.4. The first-order chi connectivity index (χ1) is 14.5. The molecule has 1 saturated heterocycles. The van der Waals surface area contributed by atoms with Gasteiger partial charge in [0.05, 0.1) is 26.4 Å². The topological polar surface area (TPSA) is 104 Å². The second-order valence-corrected chi connectivity index (χ2v) is 6.80. The number of benzene rings is 1. The lowest BCUT2D eigenvalue weighted by Crippen LogP contribution is -2.38. The largest absolute Gasteiger partial charge is 0.465 e. The monoisotopic (exact) mass is 434 g/mol. The molecule has 1 aliphatic heterocycles. The molecule has 160 valence electrons. The molecule has 1 aliphatic rings. The minimum Gasteiger partial charge on any atom is -0.465 e. The molecule has 3 rings (SSSR count). The number of halogens is 1. The number of rotatable bonds is 7. The predicted octanol–water partition coefficient (Wildman–Crippen LogP) is 2.24. The van der Waals surface area contributed by atoms with Crippen LogP contribution in [0.25, 0.3) is 11.4 Å². The number of esters is 2. The third kappa shape index (κ3) is 5.22. The molecular weight excluding hydrogens is 412 g/mol. The molecular formula is C20H23ClN4O5. The van der Waals surface area contributed by atoms with Crippen molar-refractivity contribution in [2.24, 2.45) is 0 Å². The van der Waals surface area contributed by atoms with Crippen molar-refractivity contribution < 1.29 is 23.8 Å². The van der Waals surface area contributed by atoms with E-state index in [1.165, 1.54) is 0 Å². The van der Waals surface area contributed by atoms with Crippen LogP contribution in [0.5, 0.6) is 0 Å². The number of nitrogens with zero attached hydrogens (tertiary/aromatic N) is 4. The number of anilines is 1. The van der Waals surface area contributed by atoms with Crippen LogP contribution in [0.15, 0.2) is 24.3 Å². The van der Waals surface area contributed by atoms with Crippen molar-refractivity contribution >= 4 is 29.5 Å². The molecule has 0 amide bonds. The number of hydrogen-bond acceptors (Lipinski definition) is 9. The minimum absolute atomic E-state index is 0.0293. The molecule has 1 aromatic heterocycles. The highest BCUT2D eigenvalue weighted by atomic mass is 35.5. The average molecular weight is 435 g/mol. The van der Waals surface area contributed by atoms with Crippen LogP contribution in [-0.2, 0) is 23.8 Å². The van der Waals surface area contributed by atoms with Gasteiger partial charge in [-0.1, -0.05) is 23.7 Å². The molecule has 1 fully saturated rings. The van der Waals surface area contributed by atoms with Crippen LogP contribution in [0.3, 0.4) is 0 Å². The molecule has 0 unspecified atom stereocenters. The quantitative estimate of drug-likeness (QED) is 0.479. The molecule has 0 spiro atoms. The summed E-state index contributed by atoms with van der Waals surface area (Å²) in [6, 6.07) is 6.99. The van der Waals surface area contributed by atoms with Gasteiger partial charge in [-0.2, -0.15) is 9.97 Å².